The molecule has 0 N–H and O–H groups in total. The Morgan fingerprint density at radius 3 is 1.80 bits per heavy atom. The maximum atomic E-state index is 2.35. The highest BCUT2D eigenvalue weighted by Gasteiger charge is 2.18. The van der Waals surface area contributed by atoms with Gasteiger partial charge in [0.1, 0.15) is 0 Å². The van der Waals surface area contributed by atoms with Crippen molar-refractivity contribution in [1.29, 1.82) is 0 Å². The smallest absolute Gasteiger partial charge is 0.0200 e. The average Bonchev–Trinajstić information content (AvgIpc) is 3.04. The van der Waals surface area contributed by atoms with Crippen LogP contribution in [0.25, 0.3) is 0 Å². The lowest BCUT2D eigenvalue weighted by molar-refractivity contribution is 1.10. The summed E-state index contributed by atoms with van der Waals surface area (Å²) >= 11 is 0. The molecule has 0 aliphatic carbocycles. The standard InChI is InChI=1S/C19H18P/c1-16(17-10-8-9-11-17)20(18-12-4-2-5-13-18)19-14-6-3-7-15-19/h2-16H,1H3/q-1. The highest BCUT2D eigenvalue weighted by atomic mass is 31.1. The van der Waals surface area contributed by atoms with Crippen molar-refractivity contribution in [3.05, 3.63) is 90.5 Å². The number of benzene rings is 2. The van der Waals surface area contributed by atoms with Gasteiger partial charge in [-0.05, 0) is 24.2 Å². The molecular formula is C19H18P-. The van der Waals surface area contributed by atoms with Crippen LogP contribution in [0.15, 0.2) is 84.9 Å². The van der Waals surface area contributed by atoms with E-state index in [1.54, 1.807) is 0 Å². The van der Waals surface area contributed by atoms with Gasteiger partial charge in [0.2, 0.25) is 0 Å². The Hall–Kier alpha value is -1.78. The summed E-state index contributed by atoms with van der Waals surface area (Å²) in [7, 11) is -0.363. The molecule has 0 amide bonds. The number of rotatable bonds is 4. The van der Waals surface area contributed by atoms with Gasteiger partial charge in [0.25, 0.3) is 0 Å². The van der Waals surface area contributed by atoms with Crippen molar-refractivity contribution in [2.75, 3.05) is 0 Å². The van der Waals surface area contributed by atoms with Gasteiger partial charge in [0.05, 0.1) is 0 Å². The van der Waals surface area contributed by atoms with E-state index in [1.807, 2.05) is 0 Å². The Labute approximate surface area is 122 Å². The van der Waals surface area contributed by atoms with Crippen molar-refractivity contribution >= 4 is 18.5 Å². The fraction of sp³-hybridized carbons (Fsp3) is 0.105. The molecule has 100 valence electrons. The maximum absolute atomic E-state index is 2.35. The van der Waals surface area contributed by atoms with Crippen LogP contribution in [-0.2, 0) is 0 Å². The molecule has 0 bridgehead atoms. The van der Waals surface area contributed by atoms with Crippen molar-refractivity contribution in [1.82, 2.24) is 0 Å². The van der Waals surface area contributed by atoms with Gasteiger partial charge in [-0.3, -0.25) is 0 Å². The zero-order chi connectivity index (χ0) is 13.8. The van der Waals surface area contributed by atoms with E-state index in [0.717, 1.165) is 0 Å². The number of hydrogen-bond acceptors (Lipinski definition) is 0. The van der Waals surface area contributed by atoms with Crippen LogP contribution in [0.2, 0.25) is 0 Å². The van der Waals surface area contributed by atoms with Crippen molar-refractivity contribution < 1.29 is 0 Å². The normalized spacial score (nSPS) is 12.5. The second-order valence-corrected chi connectivity index (χ2v) is 7.48. The summed E-state index contributed by atoms with van der Waals surface area (Å²) in [6.07, 6.45) is 0. The predicted molar refractivity (Wildman–Crippen MR) is 89.5 cm³/mol. The van der Waals surface area contributed by atoms with Crippen LogP contribution in [0.5, 0.6) is 0 Å². The molecular weight excluding hydrogens is 259 g/mol. The minimum atomic E-state index is -0.363. The van der Waals surface area contributed by atoms with E-state index in [0.29, 0.717) is 5.66 Å². The molecule has 3 aromatic rings. The van der Waals surface area contributed by atoms with Gasteiger partial charge in [-0.25, -0.2) is 6.07 Å². The summed E-state index contributed by atoms with van der Waals surface area (Å²) in [5, 5.41) is 2.89. The molecule has 3 rings (SSSR count). The summed E-state index contributed by atoms with van der Waals surface area (Å²) in [4.78, 5) is 0. The third kappa shape index (κ3) is 2.71. The van der Waals surface area contributed by atoms with Crippen molar-refractivity contribution in [3.63, 3.8) is 0 Å². The molecule has 0 saturated heterocycles. The first-order chi connectivity index (χ1) is 9.86. The molecule has 0 aliphatic rings. The van der Waals surface area contributed by atoms with E-state index in [1.165, 1.54) is 16.2 Å². The molecule has 0 radical (unpaired) electrons. The fourth-order valence-corrected chi connectivity index (χ4v) is 5.24. The lowest BCUT2D eigenvalue weighted by Crippen LogP contribution is -2.15. The van der Waals surface area contributed by atoms with Crippen molar-refractivity contribution in [2.24, 2.45) is 0 Å². The summed E-state index contributed by atoms with van der Waals surface area (Å²) in [5.74, 6) is 0. The predicted octanol–water partition coefficient (Wildman–Crippen LogP) is 4.60. The van der Waals surface area contributed by atoms with E-state index in [9.17, 15) is 0 Å². The van der Waals surface area contributed by atoms with Gasteiger partial charge < -0.3 is 0 Å². The van der Waals surface area contributed by atoms with Gasteiger partial charge >= 0.3 is 0 Å². The summed E-state index contributed by atoms with van der Waals surface area (Å²) in [6, 6.07) is 30.6. The zero-order valence-electron chi connectivity index (χ0n) is 11.6. The Balaban J connectivity index is 2.05. The van der Waals surface area contributed by atoms with Crippen molar-refractivity contribution in [3.8, 4) is 0 Å². The van der Waals surface area contributed by atoms with Crippen molar-refractivity contribution in [2.45, 2.75) is 12.6 Å². The van der Waals surface area contributed by atoms with Gasteiger partial charge in [0, 0.05) is 0 Å². The lowest BCUT2D eigenvalue weighted by atomic mass is 10.2. The minimum absolute atomic E-state index is 0.363. The van der Waals surface area contributed by atoms with E-state index in [-0.39, 0.29) is 7.92 Å². The molecule has 0 heterocycles. The SMILES string of the molecule is CC(c1cc[cH-]c1)P(c1ccccc1)c1ccccc1. The fourth-order valence-electron chi connectivity index (χ4n) is 2.59. The molecule has 0 aromatic heterocycles. The number of hydrogen-bond donors (Lipinski definition) is 0. The molecule has 3 aromatic carbocycles. The molecule has 0 saturated carbocycles. The van der Waals surface area contributed by atoms with Crippen LogP contribution < -0.4 is 10.6 Å². The Morgan fingerprint density at radius 2 is 1.35 bits per heavy atom. The Bertz CT molecular complexity index is 587. The van der Waals surface area contributed by atoms with Gasteiger partial charge in [-0.15, -0.1) is 0 Å². The molecule has 0 spiro atoms. The molecule has 0 fully saturated rings. The third-order valence-corrected chi connectivity index (χ3v) is 6.41. The molecule has 0 aliphatic heterocycles. The van der Waals surface area contributed by atoms with Crippen LogP contribution in [0.4, 0.5) is 0 Å². The van der Waals surface area contributed by atoms with Gasteiger partial charge in [-0.2, -0.15) is 23.8 Å². The van der Waals surface area contributed by atoms with Gasteiger partial charge in [0.15, 0.2) is 0 Å². The van der Waals surface area contributed by atoms with Crippen LogP contribution in [0, 0.1) is 0 Å². The second-order valence-electron chi connectivity index (χ2n) is 4.94. The monoisotopic (exact) mass is 277 g/mol. The Kier molecular flexibility index (Phi) is 4.04. The highest BCUT2D eigenvalue weighted by Crippen LogP contribution is 2.49. The second kappa shape index (κ2) is 6.11. The summed E-state index contributed by atoms with van der Waals surface area (Å²) in [5.41, 5.74) is 1.97. The third-order valence-electron chi connectivity index (χ3n) is 3.63. The van der Waals surface area contributed by atoms with Crippen LogP contribution in [-0.4, -0.2) is 0 Å². The first kappa shape index (κ1) is 13.2. The minimum Gasteiger partial charge on any atom is -0.210 e. The van der Waals surface area contributed by atoms with E-state index in [4.69, 9.17) is 0 Å². The average molecular weight is 277 g/mol. The zero-order valence-corrected chi connectivity index (χ0v) is 12.5. The van der Waals surface area contributed by atoms with E-state index >= 15 is 0 Å². The largest absolute Gasteiger partial charge is 0.210 e. The maximum Gasteiger partial charge on any atom is -0.0200 e. The quantitative estimate of drug-likeness (QED) is 0.483. The first-order valence-corrected chi connectivity index (χ1v) is 8.38. The Morgan fingerprint density at radius 1 is 0.800 bits per heavy atom. The molecule has 0 nitrogen and oxygen atoms in total. The van der Waals surface area contributed by atoms with Crippen LogP contribution >= 0.6 is 7.92 Å². The molecule has 20 heavy (non-hydrogen) atoms. The lowest BCUT2D eigenvalue weighted by Gasteiger charge is -2.29. The first-order valence-electron chi connectivity index (χ1n) is 6.97. The van der Waals surface area contributed by atoms with E-state index < -0.39 is 0 Å². The van der Waals surface area contributed by atoms with E-state index in [2.05, 4.69) is 91.9 Å². The highest BCUT2D eigenvalue weighted by molar-refractivity contribution is 7.73. The van der Waals surface area contributed by atoms with Gasteiger partial charge in [-0.1, -0.05) is 67.6 Å². The van der Waals surface area contributed by atoms with Crippen LogP contribution in [0.1, 0.15) is 18.1 Å². The topological polar surface area (TPSA) is 0 Å². The summed E-state index contributed by atoms with van der Waals surface area (Å²) in [6.45, 7) is 2.35. The molecule has 1 unspecified atom stereocenters. The summed E-state index contributed by atoms with van der Waals surface area (Å²) < 4.78 is 0. The molecule has 1 heteroatoms. The molecule has 1 atom stereocenters. The van der Waals surface area contributed by atoms with Crippen LogP contribution in [0.3, 0.4) is 0 Å².